The molecule has 0 spiro atoms. The number of fused-ring (bicyclic) bond motifs is 5. The van der Waals surface area contributed by atoms with Gasteiger partial charge in [0.2, 0.25) is 0 Å². The zero-order valence-corrected chi connectivity index (χ0v) is 22.2. The first kappa shape index (κ1) is 22.4. The molecule has 0 aromatic rings. The number of methoxy groups -OCH3 is 1. The molecule has 5 aliphatic carbocycles. The topological polar surface area (TPSA) is 18.5 Å². The van der Waals surface area contributed by atoms with Gasteiger partial charge >= 0.3 is 0 Å². The Hall–Kier alpha value is -0.0800. The predicted molar refractivity (Wildman–Crippen MR) is 130 cm³/mol. The molecule has 182 valence electrons. The molecule has 2 bridgehead atoms. The molecule has 5 saturated carbocycles. The largest absolute Gasteiger partial charge is 0.353 e. The maximum Gasteiger partial charge on any atom is 0.168 e. The van der Waals surface area contributed by atoms with Crippen molar-refractivity contribution in [1.82, 2.24) is 0 Å². The van der Waals surface area contributed by atoms with Gasteiger partial charge in [0.25, 0.3) is 0 Å². The lowest BCUT2D eigenvalue weighted by Gasteiger charge is -2.73. The van der Waals surface area contributed by atoms with Gasteiger partial charge in [0.1, 0.15) is 0 Å². The van der Waals surface area contributed by atoms with E-state index in [9.17, 15) is 0 Å². The standard InChI is InChI=1S/C30H50O2/c1-25(2)14-8-15-26(3)22(25)13-17-27(4)23(26)9-10-24-28(27,5)16-11-21-20-12-18-30(21,24)19-32-29(20,6)31-7/h20-24H,8-19H2,1-7H3. The molecule has 2 heteroatoms. The number of hydrogen-bond acceptors (Lipinski definition) is 2. The Morgan fingerprint density at radius 3 is 2.06 bits per heavy atom. The van der Waals surface area contributed by atoms with Gasteiger partial charge in [-0.1, -0.05) is 41.0 Å². The van der Waals surface area contributed by atoms with Crippen LogP contribution in [0.15, 0.2) is 0 Å². The van der Waals surface area contributed by atoms with E-state index in [0.29, 0.717) is 33.0 Å². The first-order valence-electron chi connectivity index (χ1n) is 14.2. The van der Waals surface area contributed by atoms with Crippen LogP contribution in [0.2, 0.25) is 0 Å². The Morgan fingerprint density at radius 2 is 1.31 bits per heavy atom. The lowest BCUT2D eigenvalue weighted by molar-refractivity contribution is -0.323. The van der Waals surface area contributed by atoms with Gasteiger partial charge in [0, 0.05) is 18.4 Å². The summed E-state index contributed by atoms with van der Waals surface area (Å²) in [5, 5.41) is 0. The first-order valence-corrected chi connectivity index (χ1v) is 14.2. The van der Waals surface area contributed by atoms with Crippen LogP contribution in [0, 0.1) is 56.7 Å². The second kappa shape index (κ2) is 6.57. The van der Waals surface area contributed by atoms with Gasteiger partial charge in [-0.2, -0.15) is 0 Å². The smallest absolute Gasteiger partial charge is 0.168 e. The van der Waals surface area contributed by atoms with Crippen molar-refractivity contribution in [2.24, 2.45) is 56.7 Å². The molecule has 10 unspecified atom stereocenters. The van der Waals surface area contributed by atoms with Crippen LogP contribution in [0.4, 0.5) is 0 Å². The van der Waals surface area contributed by atoms with Crippen LogP contribution in [0.5, 0.6) is 0 Å². The Balaban J connectivity index is 1.38. The third kappa shape index (κ3) is 2.41. The monoisotopic (exact) mass is 442 g/mol. The second-order valence-electron chi connectivity index (χ2n) is 15.0. The van der Waals surface area contributed by atoms with E-state index in [1.54, 1.807) is 0 Å². The third-order valence-electron chi connectivity index (χ3n) is 14.1. The predicted octanol–water partition coefficient (Wildman–Crippen LogP) is 7.85. The molecule has 0 radical (unpaired) electrons. The molecule has 0 aromatic carbocycles. The Bertz CT molecular complexity index is 790. The van der Waals surface area contributed by atoms with Crippen LogP contribution in [0.1, 0.15) is 112 Å². The molecular weight excluding hydrogens is 392 g/mol. The number of ether oxygens (including phenoxy) is 2. The molecule has 0 amide bonds. The fraction of sp³-hybridized carbons (Fsp3) is 1.00. The molecule has 1 saturated heterocycles. The normalized spacial score (nSPS) is 60.7. The average molecular weight is 443 g/mol. The molecule has 32 heavy (non-hydrogen) atoms. The quantitative estimate of drug-likeness (QED) is 0.411. The fourth-order valence-corrected chi connectivity index (χ4v) is 12.5. The van der Waals surface area contributed by atoms with Gasteiger partial charge in [0.05, 0.1) is 6.61 Å². The minimum Gasteiger partial charge on any atom is -0.353 e. The van der Waals surface area contributed by atoms with Gasteiger partial charge in [-0.25, -0.2) is 0 Å². The maximum absolute atomic E-state index is 6.64. The van der Waals surface area contributed by atoms with E-state index in [4.69, 9.17) is 9.47 Å². The summed E-state index contributed by atoms with van der Waals surface area (Å²) in [5.74, 6) is 3.75. The zero-order chi connectivity index (χ0) is 22.8. The van der Waals surface area contributed by atoms with Crippen molar-refractivity contribution in [2.75, 3.05) is 13.7 Å². The molecule has 0 aromatic heterocycles. The Morgan fingerprint density at radius 1 is 0.656 bits per heavy atom. The second-order valence-corrected chi connectivity index (χ2v) is 15.0. The SMILES string of the molecule is COC1(C)OCC23CCC1C2CCC1(C)C3CCC2C3(C)CCCC(C)(C)C3CCC21C. The summed E-state index contributed by atoms with van der Waals surface area (Å²) in [7, 11) is 1.87. The summed E-state index contributed by atoms with van der Waals surface area (Å²) in [6.45, 7) is 16.7. The van der Waals surface area contributed by atoms with Crippen molar-refractivity contribution in [2.45, 2.75) is 118 Å². The summed E-state index contributed by atoms with van der Waals surface area (Å²) in [4.78, 5) is 0. The maximum atomic E-state index is 6.64. The van der Waals surface area contributed by atoms with Crippen LogP contribution in [0.3, 0.4) is 0 Å². The average Bonchev–Trinajstić information content (AvgIpc) is 3.05. The van der Waals surface area contributed by atoms with E-state index < -0.39 is 0 Å². The summed E-state index contributed by atoms with van der Waals surface area (Å²) in [6.07, 6.45) is 15.8. The number of hydrogen-bond donors (Lipinski definition) is 0. The first-order chi connectivity index (χ1) is 15.0. The molecule has 6 rings (SSSR count). The molecular formula is C30H50O2. The summed E-state index contributed by atoms with van der Waals surface area (Å²) in [5.41, 5.74) is 2.47. The lowest BCUT2D eigenvalue weighted by Crippen LogP contribution is -2.68. The zero-order valence-electron chi connectivity index (χ0n) is 22.2. The van der Waals surface area contributed by atoms with E-state index >= 15 is 0 Å². The Kier molecular flexibility index (Phi) is 4.59. The van der Waals surface area contributed by atoms with Crippen molar-refractivity contribution in [3.05, 3.63) is 0 Å². The van der Waals surface area contributed by atoms with E-state index in [1.165, 1.54) is 70.6 Å². The van der Waals surface area contributed by atoms with Crippen molar-refractivity contribution < 1.29 is 9.47 Å². The molecule has 2 nitrogen and oxygen atoms in total. The highest BCUT2D eigenvalue weighted by molar-refractivity contribution is 5.21. The van der Waals surface area contributed by atoms with Crippen molar-refractivity contribution in [1.29, 1.82) is 0 Å². The summed E-state index contributed by atoms with van der Waals surface area (Å²) >= 11 is 0. The van der Waals surface area contributed by atoms with Crippen molar-refractivity contribution in [3.63, 3.8) is 0 Å². The van der Waals surface area contributed by atoms with Gasteiger partial charge in [-0.3, -0.25) is 0 Å². The van der Waals surface area contributed by atoms with Crippen molar-refractivity contribution >= 4 is 0 Å². The van der Waals surface area contributed by atoms with E-state index in [2.05, 4.69) is 41.5 Å². The highest BCUT2D eigenvalue weighted by Crippen LogP contribution is 2.79. The van der Waals surface area contributed by atoms with E-state index in [0.717, 1.165) is 30.3 Å². The Labute approximate surface area is 198 Å². The van der Waals surface area contributed by atoms with Crippen LogP contribution in [-0.2, 0) is 9.47 Å². The van der Waals surface area contributed by atoms with Crippen LogP contribution in [0.25, 0.3) is 0 Å². The van der Waals surface area contributed by atoms with Gasteiger partial charge in [0.15, 0.2) is 5.79 Å². The summed E-state index contributed by atoms with van der Waals surface area (Å²) < 4.78 is 12.6. The minimum absolute atomic E-state index is 0.348. The molecule has 6 aliphatic rings. The number of rotatable bonds is 1. The molecule has 1 heterocycles. The van der Waals surface area contributed by atoms with Gasteiger partial charge < -0.3 is 9.47 Å². The van der Waals surface area contributed by atoms with Crippen LogP contribution >= 0.6 is 0 Å². The lowest BCUT2D eigenvalue weighted by atomic mass is 9.32. The van der Waals surface area contributed by atoms with Crippen molar-refractivity contribution in [3.8, 4) is 0 Å². The van der Waals surface area contributed by atoms with Crippen LogP contribution in [-0.4, -0.2) is 19.5 Å². The third-order valence-corrected chi connectivity index (χ3v) is 14.1. The van der Waals surface area contributed by atoms with Gasteiger partial charge in [-0.05, 0) is 116 Å². The minimum atomic E-state index is -0.348. The molecule has 6 fully saturated rings. The fourth-order valence-electron chi connectivity index (χ4n) is 12.5. The van der Waals surface area contributed by atoms with Gasteiger partial charge in [-0.15, -0.1) is 0 Å². The highest BCUT2D eigenvalue weighted by atomic mass is 16.7. The molecule has 0 N–H and O–H groups in total. The molecule has 1 aliphatic heterocycles. The highest BCUT2D eigenvalue weighted by Gasteiger charge is 2.73. The summed E-state index contributed by atoms with van der Waals surface area (Å²) in [6, 6.07) is 0. The van der Waals surface area contributed by atoms with Crippen LogP contribution < -0.4 is 0 Å². The molecule has 10 atom stereocenters. The van der Waals surface area contributed by atoms with E-state index in [-0.39, 0.29) is 5.79 Å². The van der Waals surface area contributed by atoms with E-state index in [1.807, 2.05) is 7.11 Å².